The van der Waals surface area contributed by atoms with Crippen LogP contribution in [0.3, 0.4) is 0 Å². The van der Waals surface area contributed by atoms with Gasteiger partial charge >= 0.3 is 0 Å². The molecule has 0 amide bonds. The largest absolute Gasteiger partial charge is 0.494 e. The molecule has 0 spiro atoms. The number of non-ortho nitro benzene ring substituents is 1. The molecular weight excluding hydrogens is 289 g/mol. The maximum atomic E-state index is 10.4. The molecule has 0 aliphatic heterocycles. The van der Waals surface area contributed by atoms with E-state index >= 15 is 0 Å². The van der Waals surface area contributed by atoms with Gasteiger partial charge in [0.2, 0.25) is 0 Å². The van der Waals surface area contributed by atoms with E-state index in [1.165, 1.54) is 24.3 Å². The predicted molar refractivity (Wildman–Crippen MR) is 65.4 cm³/mol. The molecule has 18 heavy (non-hydrogen) atoms. The van der Waals surface area contributed by atoms with Crippen LogP contribution in [0.1, 0.15) is 6.42 Å². The van der Waals surface area contributed by atoms with Gasteiger partial charge in [0.1, 0.15) is 5.75 Å². The van der Waals surface area contributed by atoms with Gasteiger partial charge in [-0.2, -0.15) is 8.42 Å². The molecule has 0 aromatic heterocycles. The van der Waals surface area contributed by atoms with Gasteiger partial charge in [0.25, 0.3) is 15.8 Å². The Labute approximate surface area is 147 Å². The number of nitro benzene ring substituents is 1. The molecule has 0 aliphatic carbocycles. The molecule has 1 aromatic rings. The van der Waals surface area contributed by atoms with E-state index in [-0.39, 0.29) is 75.9 Å². The van der Waals surface area contributed by atoms with Crippen molar-refractivity contribution in [2.45, 2.75) is 6.42 Å². The van der Waals surface area contributed by atoms with Gasteiger partial charge < -0.3 is 4.74 Å². The summed E-state index contributed by atoms with van der Waals surface area (Å²) in [6, 6.07) is 5.42. The van der Waals surface area contributed by atoms with E-state index in [9.17, 15) is 18.5 Å². The van der Waals surface area contributed by atoms with E-state index in [0.717, 1.165) is 0 Å². The van der Waals surface area contributed by atoms with Gasteiger partial charge in [0, 0.05) is 63.5 Å². The Morgan fingerprint density at radius 1 is 1.28 bits per heavy atom. The molecule has 0 fully saturated rings. The second-order valence-corrected chi connectivity index (χ2v) is 4.81. The van der Waals surface area contributed by atoms with Gasteiger partial charge in [-0.1, -0.05) is 0 Å². The monoisotopic (exact) mass is 300 g/mol. The second kappa shape index (κ2) is 8.20. The average molecular weight is 300 g/mol. The summed E-state index contributed by atoms with van der Waals surface area (Å²) >= 11 is 0. The number of benzene rings is 1. The average Bonchev–Trinajstić information content (AvgIpc) is 2.24. The SMILES string of the molecule is O=[N+]([O-])c1ccc(OCCCS(=O)(=O)O)cc1.[K]. The first-order valence-corrected chi connectivity index (χ1v) is 6.32. The third-order valence-electron chi connectivity index (χ3n) is 1.86. The predicted octanol–water partition coefficient (Wildman–Crippen LogP) is 0.871. The molecule has 1 N–H and O–H groups in total. The van der Waals surface area contributed by atoms with Crippen molar-refractivity contribution < 1.29 is 22.6 Å². The zero-order valence-electron chi connectivity index (χ0n) is 9.77. The number of nitro groups is 1. The number of ether oxygens (including phenoxy) is 1. The molecule has 1 radical (unpaired) electrons. The topological polar surface area (TPSA) is 107 Å². The van der Waals surface area contributed by atoms with Crippen molar-refractivity contribution in [3.63, 3.8) is 0 Å². The van der Waals surface area contributed by atoms with Crippen molar-refractivity contribution in [2.24, 2.45) is 0 Å². The van der Waals surface area contributed by atoms with Crippen molar-refractivity contribution in [3.05, 3.63) is 34.4 Å². The van der Waals surface area contributed by atoms with Crippen LogP contribution < -0.4 is 4.74 Å². The van der Waals surface area contributed by atoms with Crippen LogP contribution >= 0.6 is 0 Å². The molecule has 0 unspecified atom stereocenters. The molecule has 7 nitrogen and oxygen atoms in total. The summed E-state index contributed by atoms with van der Waals surface area (Å²) < 4.78 is 34.4. The molecule has 9 heteroatoms. The third-order valence-corrected chi connectivity index (χ3v) is 2.67. The van der Waals surface area contributed by atoms with E-state index in [4.69, 9.17) is 9.29 Å². The molecule has 0 aliphatic rings. The Hall–Kier alpha value is -0.0336. The van der Waals surface area contributed by atoms with Crippen molar-refractivity contribution in [1.82, 2.24) is 0 Å². The minimum Gasteiger partial charge on any atom is -0.494 e. The Balaban J connectivity index is 0.00000289. The quantitative estimate of drug-likeness (QED) is 0.275. The summed E-state index contributed by atoms with van der Waals surface area (Å²) in [5, 5.41) is 10.4. The summed E-state index contributed by atoms with van der Waals surface area (Å²) in [6.07, 6.45) is 0.149. The molecule has 0 atom stereocenters. The molecule has 0 saturated heterocycles. The summed E-state index contributed by atoms with van der Waals surface area (Å²) in [5.41, 5.74) is -0.0460. The summed E-state index contributed by atoms with van der Waals surface area (Å²) in [5.74, 6) is 0.0333. The summed E-state index contributed by atoms with van der Waals surface area (Å²) in [7, 11) is -3.97. The minimum absolute atomic E-state index is 0. The molecule has 1 rings (SSSR count). The Morgan fingerprint density at radius 3 is 2.28 bits per heavy atom. The van der Waals surface area contributed by atoms with Crippen molar-refractivity contribution in [1.29, 1.82) is 0 Å². The molecular formula is C9H11KNO6S. The smallest absolute Gasteiger partial charge is 0.269 e. The van der Waals surface area contributed by atoms with Crippen molar-refractivity contribution in [2.75, 3.05) is 12.4 Å². The standard InChI is InChI=1S/C9H11NO6S.K/c11-10(12)8-2-4-9(5-3-8)16-6-1-7-17(13,14)15;/h2-5H,1,6-7H2,(H,13,14,15);. The van der Waals surface area contributed by atoms with E-state index in [1.54, 1.807) is 0 Å². The van der Waals surface area contributed by atoms with E-state index in [0.29, 0.717) is 5.75 Å². The first-order valence-electron chi connectivity index (χ1n) is 4.71. The van der Waals surface area contributed by atoms with Gasteiger partial charge in [0.15, 0.2) is 0 Å². The van der Waals surface area contributed by atoms with Gasteiger partial charge in [-0.05, 0) is 18.6 Å². The van der Waals surface area contributed by atoms with Crippen LogP contribution in [0.5, 0.6) is 5.75 Å². The fourth-order valence-electron chi connectivity index (χ4n) is 1.10. The Morgan fingerprint density at radius 2 is 1.83 bits per heavy atom. The summed E-state index contributed by atoms with van der Waals surface area (Å²) in [4.78, 5) is 9.83. The van der Waals surface area contributed by atoms with E-state index < -0.39 is 15.0 Å². The van der Waals surface area contributed by atoms with Gasteiger partial charge in [-0.15, -0.1) is 0 Å². The third kappa shape index (κ3) is 7.41. The van der Waals surface area contributed by atoms with Gasteiger partial charge in [-0.3, -0.25) is 14.7 Å². The first-order chi connectivity index (χ1) is 7.88. The zero-order chi connectivity index (χ0) is 12.9. The molecule has 95 valence electrons. The fourth-order valence-corrected chi connectivity index (χ4v) is 1.58. The van der Waals surface area contributed by atoms with Crippen LogP contribution in [0.15, 0.2) is 24.3 Å². The van der Waals surface area contributed by atoms with Gasteiger partial charge in [0.05, 0.1) is 17.3 Å². The molecule has 0 saturated carbocycles. The molecule has 0 bridgehead atoms. The number of nitrogens with zero attached hydrogens (tertiary/aromatic N) is 1. The molecule has 1 aromatic carbocycles. The number of hydrogen-bond acceptors (Lipinski definition) is 5. The van der Waals surface area contributed by atoms with Crippen molar-refractivity contribution in [3.8, 4) is 5.75 Å². The summed E-state index contributed by atoms with van der Waals surface area (Å²) in [6.45, 7) is 0.109. The van der Waals surface area contributed by atoms with Crippen LogP contribution in [-0.4, -0.2) is 81.6 Å². The van der Waals surface area contributed by atoms with Gasteiger partial charge in [-0.25, -0.2) is 0 Å². The minimum atomic E-state index is -3.97. The van der Waals surface area contributed by atoms with E-state index in [1.807, 2.05) is 0 Å². The number of hydrogen-bond donors (Lipinski definition) is 1. The maximum Gasteiger partial charge on any atom is 0.269 e. The Kier molecular flexibility index (Phi) is 8.18. The van der Waals surface area contributed by atoms with Crippen LogP contribution in [0.25, 0.3) is 0 Å². The number of rotatable bonds is 6. The normalized spacial score (nSPS) is 10.5. The maximum absolute atomic E-state index is 10.4. The first kappa shape index (κ1) is 18.0. The second-order valence-electron chi connectivity index (χ2n) is 3.24. The fraction of sp³-hybridized carbons (Fsp3) is 0.333. The van der Waals surface area contributed by atoms with Crippen LogP contribution in [0, 0.1) is 10.1 Å². The van der Waals surface area contributed by atoms with Crippen LogP contribution in [0.4, 0.5) is 5.69 Å². The Bertz CT molecular complexity index is 486. The zero-order valence-corrected chi connectivity index (χ0v) is 13.7. The van der Waals surface area contributed by atoms with E-state index in [2.05, 4.69) is 0 Å². The van der Waals surface area contributed by atoms with Crippen LogP contribution in [0.2, 0.25) is 0 Å². The molecule has 0 heterocycles. The van der Waals surface area contributed by atoms with Crippen molar-refractivity contribution >= 4 is 67.2 Å². The van der Waals surface area contributed by atoms with Crippen LogP contribution in [-0.2, 0) is 10.1 Å².